The van der Waals surface area contributed by atoms with E-state index < -0.39 is 11.6 Å². The zero-order chi connectivity index (χ0) is 15.6. The molecule has 21 heavy (non-hydrogen) atoms. The van der Waals surface area contributed by atoms with Crippen LogP contribution in [0.1, 0.15) is 27.6 Å². The highest BCUT2D eigenvalue weighted by Gasteiger charge is 2.15. The Morgan fingerprint density at radius 3 is 2.24 bits per heavy atom. The second-order valence-corrected chi connectivity index (χ2v) is 5.62. The second kappa shape index (κ2) is 6.44. The Kier molecular flexibility index (Phi) is 4.84. The number of halogens is 3. The number of ether oxygens (including phenoxy) is 1. The Labute approximate surface area is 128 Å². The molecule has 0 aliphatic rings. The predicted octanol–water partition coefficient (Wildman–Crippen LogP) is 5.11. The maximum atomic E-state index is 13.7. The summed E-state index contributed by atoms with van der Waals surface area (Å²) in [6.45, 7) is 3.88. The Morgan fingerprint density at radius 2 is 1.71 bits per heavy atom. The summed E-state index contributed by atoms with van der Waals surface area (Å²) in [6.07, 6.45) is 0.304. The molecule has 2 aromatic carbocycles. The molecule has 0 heterocycles. The summed E-state index contributed by atoms with van der Waals surface area (Å²) in [5.74, 6) is -0.323. The third-order valence-electron chi connectivity index (χ3n) is 3.46. The summed E-state index contributed by atoms with van der Waals surface area (Å²) >= 11 is 6.39. The van der Waals surface area contributed by atoms with E-state index in [-0.39, 0.29) is 5.38 Å². The molecule has 0 saturated carbocycles. The normalized spacial score (nSPS) is 12.3. The van der Waals surface area contributed by atoms with Gasteiger partial charge in [0.1, 0.15) is 17.4 Å². The van der Waals surface area contributed by atoms with Crippen LogP contribution in [0, 0.1) is 25.5 Å². The maximum absolute atomic E-state index is 13.7. The predicted molar refractivity (Wildman–Crippen MR) is 81.1 cm³/mol. The molecule has 0 aliphatic heterocycles. The molecule has 0 aromatic heterocycles. The highest BCUT2D eigenvalue weighted by Crippen LogP contribution is 2.32. The molecule has 4 heteroatoms. The fourth-order valence-corrected chi connectivity index (χ4v) is 2.78. The summed E-state index contributed by atoms with van der Waals surface area (Å²) in [7, 11) is 1.63. The van der Waals surface area contributed by atoms with Gasteiger partial charge < -0.3 is 4.74 Å². The van der Waals surface area contributed by atoms with Crippen LogP contribution in [0.5, 0.6) is 5.75 Å². The molecule has 0 aliphatic carbocycles. The minimum absolute atomic E-state index is 0.304. The van der Waals surface area contributed by atoms with Gasteiger partial charge in [-0.05, 0) is 48.6 Å². The first-order chi connectivity index (χ1) is 9.92. The van der Waals surface area contributed by atoms with Crippen molar-refractivity contribution >= 4 is 11.6 Å². The summed E-state index contributed by atoms with van der Waals surface area (Å²) in [5.41, 5.74) is 3.27. The lowest BCUT2D eigenvalue weighted by atomic mass is 9.99. The van der Waals surface area contributed by atoms with Crippen molar-refractivity contribution in [1.29, 1.82) is 0 Å². The summed E-state index contributed by atoms with van der Waals surface area (Å²) in [5, 5.41) is -0.381. The molecule has 2 rings (SSSR count). The number of alkyl halides is 1. The van der Waals surface area contributed by atoms with Gasteiger partial charge in [-0.2, -0.15) is 0 Å². The quantitative estimate of drug-likeness (QED) is 0.713. The van der Waals surface area contributed by atoms with E-state index in [0.717, 1.165) is 28.5 Å². The average Bonchev–Trinajstić information content (AvgIpc) is 2.41. The van der Waals surface area contributed by atoms with Crippen LogP contribution in [-0.2, 0) is 6.42 Å². The fraction of sp³-hybridized carbons (Fsp3) is 0.294. The molecular formula is C17H17ClF2O. The lowest BCUT2D eigenvalue weighted by Crippen LogP contribution is -2.01. The smallest absolute Gasteiger partial charge is 0.129 e. The minimum atomic E-state index is -0.585. The van der Waals surface area contributed by atoms with E-state index in [1.54, 1.807) is 7.11 Å². The summed E-state index contributed by atoms with van der Waals surface area (Å²) < 4.78 is 31.9. The van der Waals surface area contributed by atoms with Crippen molar-refractivity contribution in [1.82, 2.24) is 0 Å². The largest absolute Gasteiger partial charge is 0.496 e. The van der Waals surface area contributed by atoms with Gasteiger partial charge in [-0.15, -0.1) is 11.6 Å². The Bertz CT molecular complexity index is 632. The molecule has 2 aromatic rings. The van der Waals surface area contributed by atoms with Crippen LogP contribution in [0.4, 0.5) is 8.78 Å². The van der Waals surface area contributed by atoms with Crippen molar-refractivity contribution in [3.05, 3.63) is 64.2 Å². The van der Waals surface area contributed by atoms with Gasteiger partial charge >= 0.3 is 0 Å². The Morgan fingerprint density at radius 1 is 1.10 bits per heavy atom. The van der Waals surface area contributed by atoms with Crippen molar-refractivity contribution in [2.45, 2.75) is 25.6 Å². The number of rotatable bonds is 4. The first kappa shape index (κ1) is 15.8. The molecule has 1 unspecified atom stereocenters. The molecule has 1 nitrogen and oxygen atoms in total. The van der Waals surface area contributed by atoms with Crippen molar-refractivity contribution in [2.24, 2.45) is 0 Å². The van der Waals surface area contributed by atoms with Gasteiger partial charge in [0.2, 0.25) is 0 Å². The number of methoxy groups -OCH3 is 1. The van der Waals surface area contributed by atoms with E-state index >= 15 is 0 Å². The van der Waals surface area contributed by atoms with Crippen molar-refractivity contribution in [3.8, 4) is 5.75 Å². The fourth-order valence-electron chi connectivity index (χ4n) is 2.48. The molecule has 0 N–H and O–H groups in total. The van der Waals surface area contributed by atoms with Gasteiger partial charge in [-0.1, -0.05) is 18.2 Å². The van der Waals surface area contributed by atoms with Crippen LogP contribution < -0.4 is 4.74 Å². The highest BCUT2D eigenvalue weighted by atomic mass is 35.5. The van der Waals surface area contributed by atoms with Gasteiger partial charge in [0, 0.05) is 6.07 Å². The number of hydrogen-bond donors (Lipinski definition) is 0. The third-order valence-corrected chi connectivity index (χ3v) is 3.87. The SMILES string of the molecule is COc1c(C)cc(C(Cl)Cc2ccc(F)cc2F)cc1C. The Balaban J connectivity index is 2.26. The van der Waals surface area contributed by atoms with Crippen LogP contribution in [0.2, 0.25) is 0 Å². The topological polar surface area (TPSA) is 9.23 Å². The zero-order valence-corrected chi connectivity index (χ0v) is 13.0. The van der Waals surface area contributed by atoms with Gasteiger partial charge in [0.15, 0.2) is 0 Å². The van der Waals surface area contributed by atoms with Gasteiger partial charge in [0.25, 0.3) is 0 Å². The molecule has 0 saturated heterocycles. The van der Waals surface area contributed by atoms with E-state index in [1.165, 1.54) is 12.1 Å². The summed E-state index contributed by atoms with van der Waals surface area (Å²) in [4.78, 5) is 0. The van der Waals surface area contributed by atoms with Crippen LogP contribution >= 0.6 is 11.6 Å². The lowest BCUT2D eigenvalue weighted by Gasteiger charge is -2.15. The number of hydrogen-bond acceptors (Lipinski definition) is 1. The minimum Gasteiger partial charge on any atom is -0.496 e. The second-order valence-electron chi connectivity index (χ2n) is 5.10. The van der Waals surface area contributed by atoms with Crippen molar-refractivity contribution < 1.29 is 13.5 Å². The van der Waals surface area contributed by atoms with Crippen LogP contribution in [-0.4, -0.2) is 7.11 Å². The third kappa shape index (κ3) is 3.53. The van der Waals surface area contributed by atoms with E-state index in [4.69, 9.17) is 16.3 Å². The monoisotopic (exact) mass is 310 g/mol. The first-order valence-corrected chi connectivity index (χ1v) is 7.09. The van der Waals surface area contributed by atoms with E-state index in [0.29, 0.717) is 12.0 Å². The van der Waals surface area contributed by atoms with Gasteiger partial charge in [-0.3, -0.25) is 0 Å². The van der Waals surface area contributed by atoms with Gasteiger partial charge in [0.05, 0.1) is 12.5 Å². The Hall–Kier alpha value is -1.61. The van der Waals surface area contributed by atoms with E-state index in [1.807, 2.05) is 26.0 Å². The number of benzene rings is 2. The zero-order valence-electron chi connectivity index (χ0n) is 12.2. The van der Waals surface area contributed by atoms with E-state index in [9.17, 15) is 8.78 Å². The van der Waals surface area contributed by atoms with Crippen LogP contribution in [0.15, 0.2) is 30.3 Å². The highest BCUT2D eigenvalue weighted by molar-refractivity contribution is 6.21. The van der Waals surface area contributed by atoms with Gasteiger partial charge in [-0.25, -0.2) is 8.78 Å². The standard InChI is InChI=1S/C17H17ClF2O/c1-10-6-13(7-11(2)17(10)21-3)15(18)8-12-4-5-14(19)9-16(12)20/h4-7,9,15H,8H2,1-3H3. The van der Waals surface area contributed by atoms with E-state index in [2.05, 4.69) is 0 Å². The molecule has 1 atom stereocenters. The molecule has 0 amide bonds. The van der Waals surface area contributed by atoms with Crippen molar-refractivity contribution in [2.75, 3.05) is 7.11 Å². The van der Waals surface area contributed by atoms with Crippen LogP contribution in [0.3, 0.4) is 0 Å². The molecule has 0 fully saturated rings. The van der Waals surface area contributed by atoms with Crippen molar-refractivity contribution in [3.63, 3.8) is 0 Å². The summed E-state index contributed by atoms with van der Waals surface area (Å²) in [6, 6.07) is 7.43. The molecule has 0 bridgehead atoms. The maximum Gasteiger partial charge on any atom is 0.129 e. The molecule has 0 spiro atoms. The first-order valence-electron chi connectivity index (χ1n) is 6.65. The molecule has 0 radical (unpaired) electrons. The molecular weight excluding hydrogens is 294 g/mol. The average molecular weight is 311 g/mol. The lowest BCUT2D eigenvalue weighted by molar-refractivity contribution is 0.408. The number of aryl methyl sites for hydroxylation is 2. The molecule has 112 valence electrons. The van der Waals surface area contributed by atoms with Crippen LogP contribution in [0.25, 0.3) is 0 Å².